The van der Waals surface area contributed by atoms with Crippen molar-refractivity contribution in [3.05, 3.63) is 0 Å². The van der Waals surface area contributed by atoms with Gasteiger partial charge in [0.2, 0.25) is 0 Å². The number of Topliss-reactive ketones (excluding diaryl/α,β-unsaturated/α-hetero) is 1. The first-order valence-corrected chi connectivity index (χ1v) is 5.20. The Hall–Kier alpha value is -0.330. The molecule has 0 aliphatic heterocycles. The van der Waals surface area contributed by atoms with Gasteiger partial charge in [-0.25, -0.2) is 0 Å². The van der Waals surface area contributed by atoms with Crippen LogP contribution in [-0.4, -0.2) is 5.78 Å². The Bertz CT molecular complexity index is 158. The third-order valence-corrected chi connectivity index (χ3v) is 2.99. The van der Waals surface area contributed by atoms with E-state index in [9.17, 15) is 4.79 Å². The van der Waals surface area contributed by atoms with Gasteiger partial charge in [-0.15, -0.1) is 0 Å². The second-order valence-electron chi connectivity index (χ2n) is 4.22. The van der Waals surface area contributed by atoms with Crippen molar-refractivity contribution in [2.45, 2.75) is 46.5 Å². The molecule has 0 saturated heterocycles. The fourth-order valence-corrected chi connectivity index (χ4v) is 1.85. The molecule has 0 aromatic heterocycles. The minimum atomic E-state index is 0.297. The van der Waals surface area contributed by atoms with Crippen LogP contribution in [0, 0.1) is 17.8 Å². The van der Waals surface area contributed by atoms with E-state index in [0.29, 0.717) is 17.6 Å². The van der Waals surface area contributed by atoms with Gasteiger partial charge in [0, 0.05) is 11.8 Å². The van der Waals surface area contributed by atoms with Gasteiger partial charge in [0.1, 0.15) is 5.78 Å². The summed E-state index contributed by atoms with van der Waals surface area (Å²) in [6.07, 6.45) is 4.76. The van der Waals surface area contributed by atoms with Crippen molar-refractivity contribution in [2.75, 3.05) is 0 Å². The van der Waals surface area contributed by atoms with E-state index in [0.717, 1.165) is 18.8 Å². The highest BCUT2D eigenvalue weighted by Gasteiger charge is 2.33. The van der Waals surface area contributed by atoms with Crippen LogP contribution >= 0.6 is 0 Å². The maximum Gasteiger partial charge on any atom is 0.138 e. The zero-order valence-electron chi connectivity index (χ0n) is 8.47. The molecule has 0 amide bonds. The van der Waals surface area contributed by atoms with Crippen LogP contribution in [0.3, 0.4) is 0 Å². The van der Waals surface area contributed by atoms with Crippen LogP contribution in [0.2, 0.25) is 0 Å². The first kappa shape index (κ1) is 9.76. The van der Waals surface area contributed by atoms with Crippen molar-refractivity contribution < 1.29 is 4.79 Å². The molecule has 0 heterocycles. The summed E-state index contributed by atoms with van der Waals surface area (Å²) in [4.78, 5) is 11.7. The molecular weight excluding hydrogens is 148 g/mol. The lowest BCUT2D eigenvalue weighted by Gasteiger charge is -2.14. The quantitative estimate of drug-likeness (QED) is 0.616. The average molecular weight is 168 g/mol. The molecule has 70 valence electrons. The molecular formula is C11H20O. The Morgan fingerprint density at radius 1 is 1.42 bits per heavy atom. The number of hydrogen-bond acceptors (Lipinski definition) is 1. The van der Waals surface area contributed by atoms with Gasteiger partial charge in [-0.3, -0.25) is 4.79 Å². The third-order valence-electron chi connectivity index (χ3n) is 2.99. The average Bonchev–Trinajstić information content (AvgIpc) is 2.84. The summed E-state index contributed by atoms with van der Waals surface area (Å²) in [5.74, 6) is 1.87. The zero-order valence-corrected chi connectivity index (χ0v) is 8.47. The minimum Gasteiger partial charge on any atom is -0.299 e. The lowest BCUT2D eigenvalue weighted by atomic mass is 9.89. The van der Waals surface area contributed by atoms with Crippen LogP contribution in [0.4, 0.5) is 0 Å². The van der Waals surface area contributed by atoms with Crippen LogP contribution in [0.5, 0.6) is 0 Å². The lowest BCUT2D eigenvalue weighted by molar-refractivity contribution is -0.126. The van der Waals surface area contributed by atoms with E-state index < -0.39 is 0 Å². The van der Waals surface area contributed by atoms with Crippen molar-refractivity contribution in [1.82, 2.24) is 0 Å². The van der Waals surface area contributed by atoms with Crippen LogP contribution in [-0.2, 0) is 4.79 Å². The SMILES string of the molecule is CCCC(C)C(=O)C(C)C1CC1. The van der Waals surface area contributed by atoms with Crippen molar-refractivity contribution in [3.63, 3.8) is 0 Å². The van der Waals surface area contributed by atoms with Crippen LogP contribution in [0.25, 0.3) is 0 Å². The molecule has 1 aliphatic rings. The monoisotopic (exact) mass is 168 g/mol. The Labute approximate surface area is 75.5 Å². The van der Waals surface area contributed by atoms with Crippen molar-refractivity contribution >= 4 is 5.78 Å². The molecule has 0 spiro atoms. The van der Waals surface area contributed by atoms with E-state index in [1.54, 1.807) is 0 Å². The van der Waals surface area contributed by atoms with Crippen molar-refractivity contribution in [3.8, 4) is 0 Å². The summed E-state index contributed by atoms with van der Waals surface area (Å²) < 4.78 is 0. The number of hydrogen-bond donors (Lipinski definition) is 0. The summed E-state index contributed by atoms with van der Waals surface area (Å²) in [5, 5.41) is 0. The highest BCUT2D eigenvalue weighted by Crippen LogP contribution is 2.38. The number of ketones is 1. The van der Waals surface area contributed by atoms with Gasteiger partial charge in [-0.05, 0) is 25.2 Å². The summed E-state index contributed by atoms with van der Waals surface area (Å²) >= 11 is 0. The highest BCUT2D eigenvalue weighted by atomic mass is 16.1. The number of rotatable bonds is 5. The molecule has 0 aromatic rings. The van der Waals surface area contributed by atoms with Gasteiger partial charge in [0.25, 0.3) is 0 Å². The van der Waals surface area contributed by atoms with Gasteiger partial charge in [-0.1, -0.05) is 27.2 Å². The van der Waals surface area contributed by atoms with Crippen molar-refractivity contribution in [2.24, 2.45) is 17.8 Å². The standard InChI is InChI=1S/C11H20O/c1-4-5-8(2)11(12)9(3)10-6-7-10/h8-10H,4-7H2,1-3H3. The molecule has 0 aromatic carbocycles. The molecule has 12 heavy (non-hydrogen) atoms. The smallest absolute Gasteiger partial charge is 0.138 e. The second kappa shape index (κ2) is 4.06. The minimum absolute atomic E-state index is 0.297. The maximum absolute atomic E-state index is 11.7. The Morgan fingerprint density at radius 2 is 2.00 bits per heavy atom. The van der Waals surface area contributed by atoms with E-state index >= 15 is 0 Å². The van der Waals surface area contributed by atoms with E-state index in [1.165, 1.54) is 12.8 Å². The van der Waals surface area contributed by atoms with E-state index in [1.807, 2.05) is 0 Å². The zero-order chi connectivity index (χ0) is 9.14. The molecule has 1 heteroatoms. The van der Waals surface area contributed by atoms with Gasteiger partial charge in [0.15, 0.2) is 0 Å². The second-order valence-corrected chi connectivity index (χ2v) is 4.22. The molecule has 2 unspecified atom stereocenters. The Kier molecular flexibility index (Phi) is 3.30. The molecule has 0 N–H and O–H groups in total. The maximum atomic E-state index is 11.7. The van der Waals surface area contributed by atoms with Crippen molar-refractivity contribution in [1.29, 1.82) is 0 Å². The molecule has 1 nitrogen and oxygen atoms in total. The summed E-state index contributed by atoms with van der Waals surface area (Å²) in [6, 6.07) is 0. The Balaban J connectivity index is 2.33. The van der Waals surface area contributed by atoms with Crippen LogP contribution in [0.1, 0.15) is 46.5 Å². The molecule has 1 fully saturated rings. The highest BCUT2D eigenvalue weighted by molar-refractivity contribution is 5.83. The first-order valence-electron chi connectivity index (χ1n) is 5.20. The molecule has 0 bridgehead atoms. The number of carbonyl (C=O) groups is 1. The number of carbonyl (C=O) groups excluding carboxylic acids is 1. The van der Waals surface area contributed by atoms with E-state index in [4.69, 9.17) is 0 Å². The Morgan fingerprint density at radius 3 is 2.42 bits per heavy atom. The fraction of sp³-hybridized carbons (Fsp3) is 0.909. The molecule has 1 aliphatic carbocycles. The fourth-order valence-electron chi connectivity index (χ4n) is 1.85. The summed E-state index contributed by atoms with van der Waals surface area (Å²) in [6.45, 7) is 6.32. The van der Waals surface area contributed by atoms with Gasteiger partial charge in [0.05, 0.1) is 0 Å². The lowest BCUT2D eigenvalue weighted by Crippen LogP contribution is -2.20. The molecule has 1 saturated carbocycles. The van der Waals surface area contributed by atoms with E-state index in [-0.39, 0.29) is 0 Å². The normalized spacial score (nSPS) is 21.9. The molecule has 0 radical (unpaired) electrons. The molecule has 2 atom stereocenters. The third kappa shape index (κ3) is 2.33. The molecule has 1 rings (SSSR count). The van der Waals surface area contributed by atoms with E-state index in [2.05, 4.69) is 20.8 Å². The first-order chi connectivity index (χ1) is 5.66. The van der Waals surface area contributed by atoms with Gasteiger partial charge >= 0.3 is 0 Å². The van der Waals surface area contributed by atoms with Crippen LogP contribution in [0.15, 0.2) is 0 Å². The van der Waals surface area contributed by atoms with Gasteiger partial charge < -0.3 is 0 Å². The van der Waals surface area contributed by atoms with Gasteiger partial charge in [-0.2, -0.15) is 0 Å². The van der Waals surface area contributed by atoms with Crippen LogP contribution < -0.4 is 0 Å². The summed E-state index contributed by atoms with van der Waals surface area (Å²) in [5.41, 5.74) is 0. The summed E-state index contributed by atoms with van der Waals surface area (Å²) in [7, 11) is 0. The largest absolute Gasteiger partial charge is 0.299 e. The topological polar surface area (TPSA) is 17.1 Å². The predicted molar refractivity (Wildman–Crippen MR) is 51.0 cm³/mol. The predicted octanol–water partition coefficient (Wildman–Crippen LogP) is 3.04.